The topological polar surface area (TPSA) is 68.9 Å². The normalized spacial score (nSPS) is 12.5. The van der Waals surface area contributed by atoms with Gasteiger partial charge in [-0.05, 0) is 63.2 Å². The second kappa shape index (κ2) is 7.22. The molecule has 0 aliphatic carbocycles. The van der Waals surface area contributed by atoms with E-state index in [0.29, 0.717) is 27.4 Å². The number of halogens is 3. The van der Waals surface area contributed by atoms with Crippen molar-refractivity contribution in [1.82, 2.24) is 19.7 Å². The van der Waals surface area contributed by atoms with E-state index >= 15 is 0 Å². The van der Waals surface area contributed by atoms with E-state index in [9.17, 15) is 22.8 Å². The number of alkyl halides is 3. The summed E-state index contributed by atoms with van der Waals surface area (Å²) in [4.78, 5) is 25.9. The van der Waals surface area contributed by atoms with Crippen molar-refractivity contribution in [3.05, 3.63) is 70.1 Å². The fourth-order valence-corrected chi connectivity index (χ4v) is 3.60. The second-order valence-corrected chi connectivity index (χ2v) is 8.69. The molecule has 1 amide bonds. The van der Waals surface area contributed by atoms with Crippen molar-refractivity contribution in [1.29, 1.82) is 0 Å². The Morgan fingerprint density at radius 2 is 1.66 bits per heavy atom. The predicted molar refractivity (Wildman–Crippen MR) is 116 cm³/mol. The first-order valence-corrected chi connectivity index (χ1v) is 9.87. The van der Waals surface area contributed by atoms with Crippen molar-refractivity contribution >= 4 is 27.7 Å². The lowest BCUT2D eigenvalue weighted by atomic mass is 10.0. The number of nitrogens with zero attached hydrogens (tertiary/aromatic N) is 3. The molecule has 0 saturated heterocycles. The molecule has 6 nitrogen and oxygen atoms in total. The van der Waals surface area contributed by atoms with Gasteiger partial charge in [0.25, 0.3) is 11.5 Å². The molecule has 4 rings (SSSR count). The van der Waals surface area contributed by atoms with Crippen LogP contribution in [0.1, 0.15) is 36.7 Å². The number of carbonyl (C=O) groups excluding carboxylic acids is 1. The zero-order valence-electron chi connectivity index (χ0n) is 17.9. The van der Waals surface area contributed by atoms with Gasteiger partial charge in [0.15, 0.2) is 0 Å². The molecule has 1 N–H and O–H groups in total. The molecule has 0 spiro atoms. The van der Waals surface area contributed by atoms with Gasteiger partial charge >= 0.3 is 6.18 Å². The maximum absolute atomic E-state index is 13.3. The summed E-state index contributed by atoms with van der Waals surface area (Å²) in [6.07, 6.45) is -2.92. The van der Waals surface area contributed by atoms with Crippen molar-refractivity contribution < 1.29 is 18.0 Å². The van der Waals surface area contributed by atoms with Gasteiger partial charge in [-0.15, -0.1) is 0 Å². The maximum atomic E-state index is 13.3. The van der Waals surface area contributed by atoms with E-state index in [4.69, 9.17) is 0 Å². The Balaban J connectivity index is 1.98. The standard InChI is InChI=1S/C23H21F3N4O2/c1-22(2,3)27-20(31)13-5-10-18-16(11-13)19-17(12-29(4)28-19)21(32)30(18)15-8-6-14(7-9-15)23(24,25)26/h5-12H,1-4H3,(H,27,31). The van der Waals surface area contributed by atoms with Crippen molar-refractivity contribution in [2.24, 2.45) is 7.05 Å². The number of nitrogens with one attached hydrogen (secondary N) is 1. The Morgan fingerprint density at radius 3 is 2.25 bits per heavy atom. The number of carbonyl (C=O) groups is 1. The van der Waals surface area contributed by atoms with Gasteiger partial charge in [0, 0.05) is 35.4 Å². The molecule has 0 radical (unpaired) electrons. The number of aryl methyl sites for hydroxylation is 1. The third-order valence-electron chi connectivity index (χ3n) is 4.96. The van der Waals surface area contributed by atoms with Crippen LogP contribution >= 0.6 is 0 Å². The zero-order valence-corrected chi connectivity index (χ0v) is 17.9. The lowest BCUT2D eigenvalue weighted by molar-refractivity contribution is -0.137. The Hall–Kier alpha value is -3.62. The number of fused-ring (bicyclic) bond motifs is 3. The van der Waals surface area contributed by atoms with E-state index < -0.39 is 22.8 Å². The lowest BCUT2D eigenvalue weighted by Crippen LogP contribution is -2.40. The minimum atomic E-state index is -4.48. The Kier molecular flexibility index (Phi) is 4.87. The average Bonchev–Trinajstić information content (AvgIpc) is 3.08. The molecule has 0 fully saturated rings. The molecule has 0 unspecified atom stereocenters. The number of hydrogen-bond donors (Lipinski definition) is 1. The first-order valence-electron chi connectivity index (χ1n) is 9.87. The molecular formula is C23H21F3N4O2. The molecule has 0 aliphatic rings. The fourth-order valence-electron chi connectivity index (χ4n) is 3.60. The molecule has 4 aromatic rings. The van der Waals surface area contributed by atoms with Crippen LogP contribution in [0.25, 0.3) is 27.5 Å². The van der Waals surface area contributed by atoms with E-state index in [1.165, 1.54) is 21.4 Å². The molecular weight excluding hydrogens is 421 g/mol. The van der Waals surface area contributed by atoms with E-state index in [-0.39, 0.29) is 11.6 Å². The first kappa shape index (κ1) is 21.6. The SMILES string of the molecule is Cn1cc2c(=O)n(-c3ccc(C(F)(F)F)cc3)c3ccc(C(=O)NC(C)(C)C)cc3c2n1. The molecule has 9 heteroatoms. The number of benzene rings is 2. The molecule has 0 atom stereocenters. The van der Waals surface area contributed by atoms with Crippen molar-refractivity contribution in [2.75, 3.05) is 0 Å². The van der Waals surface area contributed by atoms with E-state index in [1.807, 2.05) is 20.8 Å². The second-order valence-electron chi connectivity index (χ2n) is 8.69. The summed E-state index contributed by atoms with van der Waals surface area (Å²) in [5, 5.41) is 8.12. The van der Waals surface area contributed by atoms with Gasteiger partial charge in [0.1, 0.15) is 5.52 Å². The number of rotatable bonds is 2. The Bertz CT molecular complexity index is 1410. The van der Waals surface area contributed by atoms with Gasteiger partial charge < -0.3 is 5.32 Å². The van der Waals surface area contributed by atoms with Gasteiger partial charge in [-0.25, -0.2) is 0 Å². The van der Waals surface area contributed by atoms with Crippen molar-refractivity contribution in [3.8, 4) is 5.69 Å². The maximum Gasteiger partial charge on any atom is 0.416 e. The summed E-state index contributed by atoms with van der Waals surface area (Å²) in [7, 11) is 1.67. The molecule has 0 saturated carbocycles. The summed E-state index contributed by atoms with van der Waals surface area (Å²) >= 11 is 0. The monoisotopic (exact) mass is 442 g/mol. The van der Waals surface area contributed by atoms with Crippen LogP contribution in [-0.2, 0) is 13.2 Å². The van der Waals surface area contributed by atoms with E-state index in [1.54, 1.807) is 31.4 Å². The smallest absolute Gasteiger partial charge is 0.347 e. The predicted octanol–water partition coefficient (Wildman–Crippen LogP) is 4.42. The van der Waals surface area contributed by atoms with Gasteiger partial charge in [-0.1, -0.05) is 0 Å². The van der Waals surface area contributed by atoms with Crippen molar-refractivity contribution in [3.63, 3.8) is 0 Å². The number of pyridine rings is 1. The third kappa shape index (κ3) is 3.86. The first-order chi connectivity index (χ1) is 14.8. The van der Waals surface area contributed by atoms with Gasteiger partial charge in [-0.3, -0.25) is 18.8 Å². The number of hydrogen-bond acceptors (Lipinski definition) is 3. The fraction of sp³-hybridized carbons (Fsp3) is 0.261. The van der Waals surface area contributed by atoms with Crippen LogP contribution in [0.15, 0.2) is 53.5 Å². The molecule has 166 valence electrons. The summed E-state index contributed by atoms with van der Waals surface area (Å²) in [5.74, 6) is -0.282. The highest BCUT2D eigenvalue weighted by atomic mass is 19.4. The van der Waals surface area contributed by atoms with E-state index in [0.717, 1.165) is 12.1 Å². The molecule has 2 aromatic carbocycles. The third-order valence-corrected chi connectivity index (χ3v) is 4.96. The van der Waals surface area contributed by atoms with Crippen LogP contribution in [0.3, 0.4) is 0 Å². The van der Waals surface area contributed by atoms with Crippen molar-refractivity contribution in [2.45, 2.75) is 32.5 Å². The van der Waals surface area contributed by atoms with Crippen LogP contribution in [0.5, 0.6) is 0 Å². The average molecular weight is 442 g/mol. The summed E-state index contributed by atoms with van der Waals surface area (Å²) in [5.41, 5.74) is -0.128. The Morgan fingerprint density at radius 1 is 1.00 bits per heavy atom. The van der Waals surface area contributed by atoms with Crippen LogP contribution in [0, 0.1) is 0 Å². The quantitative estimate of drug-likeness (QED) is 0.500. The molecule has 32 heavy (non-hydrogen) atoms. The molecule has 2 heterocycles. The highest BCUT2D eigenvalue weighted by Crippen LogP contribution is 2.31. The minimum absolute atomic E-state index is 0.282. The van der Waals surface area contributed by atoms with Gasteiger partial charge in [0.05, 0.1) is 16.5 Å². The largest absolute Gasteiger partial charge is 0.416 e. The molecule has 0 aliphatic heterocycles. The Labute approximate surface area is 181 Å². The van der Waals surface area contributed by atoms with Crippen LogP contribution in [0.2, 0.25) is 0 Å². The summed E-state index contributed by atoms with van der Waals surface area (Å²) < 4.78 is 41.8. The van der Waals surface area contributed by atoms with Crippen LogP contribution < -0.4 is 10.9 Å². The summed E-state index contributed by atoms with van der Waals surface area (Å²) in [6, 6.07) is 9.22. The highest BCUT2D eigenvalue weighted by molar-refractivity contribution is 6.07. The molecule has 2 aromatic heterocycles. The highest BCUT2D eigenvalue weighted by Gasteiger charge is 2.30. The number of amides is 1. The van der Waals surface area contributed by atoms with E-state index in [2.05, 4.69) is 10.4 Å². The lowest BCUT2D eigenvalue weighted by Gasteiger charge is -2.20. The van der Waals surface area contributed by atoms with Gasteiger partial charge in [-0.2, -0.15) is 18.3 Å². The summed E-state index contributed by atoms with van der Waals surface area (Å²) in [6.45, 7) is 5.60. The van der Waals surface area contributed by atoms with Crippen LogP contribution in [-0.4, -0.2) is 25.8 Å². The number of aromatic nitrogens is 3. The molecule has 0 bridgehead atoms. The van der Waals surface area contributed by atoms with Crippen LogP contribution in [0.4, 0.5) is 13.2 Å². The zero-order chi connectivity index (χ0) is 23.4. The van der Waals surface area contributed by atoms with Gasteiger partial charge in [0.2, 0.25) is 0 Å². The minimum Gasteiger partial charge on any atom is -0.347 e.